The summed E-state index contributed by atoms with van der Waals surface area (Å²) in [5, 5.41) is 13.6. The molecular weight excluding hydrogens is 317 g/mol. The zero-order chi connectivity index (χ0) is 15.1. The lowest BCUT2D eigenvalue weighted by Gasteiger charge is -2.29. The third kappa shape index (κ3) is 5.49. The van der Waals surface area contributed by atoms with Gasteiger partial charge in [0.1, 0.15) is 5.88 Å². The Morgan fingerprint density at radius 1 is 1.48 bits per heavy atom. The van der Waals surface area contributed by atoms with Gasteiger partial charge in [0, 0.05) is 25.2 Å². The molecule has 1 rings (SSSR count). The van der Waals surface area contributed by atoms with Crippen molar-refractivity contribution in [3.05, 3.63) is 39.9 Å². The van der Waals surface area contributed by atoms with Gasteiger partial charge < -0.3 is 22.6 Å². The second-order valence-corrected chi connectivity index (χ2v) is 4.62. The molecule has 8 heteroatoms. The average Bonchev–Trinajstić information content (AvgIpc) is 2.47. The van der Waals surface area contributed by atoms with E-state index in [0.717, 1.165) is 5.56 Å². The Labute approximate surface area is 136 Å². The van der Waals surface area contributed by atoms with Crippen LogP contribution < -0.4 is 17.7 Å². The Balaban J connectivity index is 0. The van der Waals surface area contributed by atoms with Gasteiger partial charge in [0.25, 0.3) is 5.69 Å². The van der Waals surface area contributed by atoms with Gasteiger partial charge in [-0.05, 0) is 19.5 Å². The molecule has 0 saturated carbocycles. The molecule has 21 heavy (non-hydrogen) atoms. The number of halogens is 2. The van der Waals surface area contributed by atoms with Gasteiger partial charge in [-0.2, -0.15) is 0 Å². The lowest BCUT2D eigenvalue weighted by atomic mass is 10.1. The van der Waals surface area contributed by atoms with Crippen LogP contribution in [0, 0.1) is 10.1 Å². The van der Waals surface area contributed by atoms with Gasteiger partial charge in [0.15, 0.2) is 0 Å². The largest absolute Gasteiger partial charge is 1.00 e. The normalized spacial score (nSPS) is 11.4. The van der Waals surface area contributed by atoms with Gasteiger partial charge in [0.05, 0.1) is 11.0 Å². The van der Waals surface area contributed by atoms with Gasteiger partial charge in [-0.3, -0.25) is 14.9 Å². The maximum absolute atomic E-state index is 11.9. The number of non-ortho nitro benzene ring substituents is 1. The second-order valence-electron chi connectivity index (χ2n) is 4.35. The lowest BCUT2D eigenvalue weighted by Crippen LogP contribution is -3.00. The van der Waals surface area contributed by atoms with E-state index in [1.165, 1.54) is 12.1 Å². The molecule has 6 nitrogen and oxygen atoms in total. The molecule has 0 heterocycles. The van der Waals surface area contributed by atoms with Gasteiger partial charge in [-0.1, -0.05) is 12.1 Å². The van der Waals surface area contributed by atoms with Crippen molar-refractivity contribution in [3.63, 3.8) is 0 Å². The van der Waals surface area contributed by atoms with Crippen molar-refractivity contribution >= 4 is 23.2 Å². The maximum atomic E-state index is 11.9. The van der Waals surface area contributed by atoms with Crippen LogP contribution >= 0.6 is 11.6 Å². The highest BCUT2D eigenvalue weighted by Gasteiger charge is 2.20. The number of nitrogens with zero attached hydrogens (tertiary/aromatic N) is 2. The summed E-state index contributed by atoms with van der Waals surface area (Å²) in [6, 6.07) is 6.02. The topological polar surface area (TPSA) is 75.5 Å². The fourth-order valence-electron chi connectivity index (χ4n) is 1.90. The molecule has 0 fully saturated rings. The van der Waals surface area contributed by atoms with E-state index in [9.17, 15) is 14.9 Å². The van der Waals surface area contributed by atoms with Gasteiger partial charge >= 0.3 is 1.43 Å². The first-order chi connectivity index (χ1) is 9.51. The van der Waals surface area contributed by atoms with Gasteiger partial charge in [0.2, 0.25) is 5.91 Å². The van der Waals surface area contributed by atoms with Crippen LogP contribution in [0.15, 0.2) is 24.3 Å². The number of nitrogens with one attached hydrogen (secondary N) is 1. The second kappa shape index (κ2) is 9.55. The number of alkyl halides is 1. The minimum Gasteiger partial charge on any atom is -1.00 e. The smallest absolute Gasteiger partial charge is 1.00 e. The number of carbonyl (C=O) groups is 1. The minimum atomic E-state index is -0.447. The molecule has 1 aromatic carbocycles. The number of benzene rings is 1. The van der Waals surface area contributed by atoms with Crippen LogP contribution in [0.4, 0.5) is 5.69 Å². The van der Waals surface area contributed by atoms with Crippen molar-refractivity contribution in [3.8, 4) is 0 Å². The Morgan fingerprint density at radius 2 is 2.05 bits per heavy atom. The maximum Gasteiger partial charge on any atom is 1.00 e. The number of nitro benzene ring substituents is 1. The first kappa shape index (κ1) is 19.6. The van der Waals surface area contributed by atoms with Crippen LogP contribution in [0.3, 0.4) is 0 Å². The van der Waals surface area contributed by atoms with Crippen LogP contribution in [0.5, 0.6) is 0 Å². The molecule has 0 aliphatic carbocycles. The summed E-state index contributed by atoms with van der Waals surface area (Å²) in [4.78, 5) is 23.7. The summed E-state index contributed by atoms with van der Waals surface area (Å²) < 4.78 is 0. The molecule has 0 radical (unpaired) electrons. The molecule has 0 bridgehead atoms. The van der Waals surface area contributed by atoms with E-state index in [-0.39, 0.29) is 37.4 Å². The molecule has 0 aliphatic rings. The van der Waals surface area contributed by atoms with Crippen LogP contribution in [-0.2, 0) is 4.79 Å². The van der Waals surface area contributed by atoms with Gasteiger partial charge in [-0.15, -0.1) is 11.6 Å². The van der Waals surface area contributed by atoms with Crippen molar-refractivity contribution in [2.45, 2.75) is 13.0 Å². The van der Waals surface area contributed by atoms with Crippen molar-refractivity contribution in [2.75, 3.05) is 26.0 Å². The third-order valence-electron chi connectivity index (χ3n) is 3.09. The summed E-state index contributed by atoms with van der Waals surface area (Å²) in [7, 11) is 1.81. The van der Waals surface area contributed by atoms with Crippen LogP contribution in [0.2, 0.25) is 0 Å². The first-order valence-corrected chi connectivity index (χ1v) is 6.79. The number of hydrogen-bond acceptors (Lipinski definition) is 4. The molecule has 1 amide bonds. The SMILES string of the molecule is CNCCN(C(=O)CCl)C(C)c1ccc([N+](=O)[O-])cc1.[Cl-].[H+]. The van der Waals surface area contributed by atoms with E-state index in [1.807, 2.05) is 6.92 Å². The van der Waals surface area contributed by atoms with Crippen LogP contribution in [-0.4, -0.2) is 41.7 Å². The van der Waals surface area contributed by atoms with E-state index in [4.69, 9.17) is 11.6 Å². The van der Waals surface area contributed by atoms with E-state index >= 15 is 0 Å². The molecule has 0 spiro atoms. The van der Waals surface area contributed by atoms with Crippen molar-refractivity contribution in [1.82, 2.24) is 10.2 Å². The molecule has 0 saturated heterocycles. The standard InChI is InChI=1S/C13H18ClN3O3.ClH/c1-10(16(8-7-15-2)13(18)9-14)11-3-5-12(6-4-11)17(19)20;/h3-6,10,15H,7-9H2,1-2H3;1H. The number of rotatable bonds is 7. The number of hydrogen-bond donors (Lipinski definition) is 1. The fraction of sp³-hybridized carbons (Fsp3) is 0.462. The van der Waals surface area contributed by atoms with Gasteiger partial charge in [-0.25, -0.2) is 0 Å². The Kier molecular flexibility index (Phi) is 8.92. The van der Waals surface area contributed by atoms with E-state index < -0.39 is 4.92 Å². The Bertz CT molecular complexity index is 474. The van der Waals surface area contributed by atoms with Crippen LogP contribution in [0.25, 0.3) is 0 Å². The quantitative estimate of drug-likeness (QED) is 0.396. The van der Waals surface area contributed by atoms with E-state index in [2.05, 4.69) is 5.32 Å². The number of amides is 1. The highest BCUT2D eigenvalue weighted by molar-refractivity contribution is 6.27. The molecule has 1 atom stereocenters. The summed E-state index contributed by atoms with van der Waals surface area (Å²) in [6.07, 6.45) is 0. The summed E-state index contributed by atoms with van der Waals surface area (Å²) in [5.41, 5.74) is 0.872. The highest BCUT2D eigenvalue weighted by Crippen LogP contribution is 2.22. The van der Waals surface area contributed by atoms with Crippen molar-refractivity contribution in [2.24, 2.45) is 0 Å². The first-order valence-electron chi connectivity index (χ1n) is 6.25. The number of nitro groups is 1. The zero-order valence-electron chi connectivity index (χ0n) is 12.9. The predicted octanol–water partition coefficient (Wildman–Crippen LogP) is -0.941. The monoisotopic (exact) mass is 335 g/mol. The molecule has 118 valence electrons. The minimum absolute atomic E-state index is 0. The summed E-state index contributed by atoms with van der Waals surface area (Å²) in [5.74, 6) is -0.242. The average molecular weight is 336 g/mol. The Morgan fingerprint density at radius 3 is 2.48 bits per heavy atom. The lowest BCUT2D eigenvalue weighted by molar-refractivity contribution is -0.384. The van der Waals surface area contributed by atoms with Crippen molar-refractivity contribution in [1.29, 1.82) is 0 Å². The zero-order valence-corrected chi connectivity index (χ0v) is 13.4. The number of carbonyl (C=O) groups excluding carboxylic acids is 1. The van der Waals surface area contributed by atoms with E-state index in [1.54, 1.807) is 24.1 Å². The van der Waals surface area contributed by atoms with Crippen molar-refractivity contribution < 1.29 is 23.6 Å². The predicted molar refractivity (Wildman–Crippen MR) is 79.0 cm³/mol. The number of likely N-dealkylation sites (N-methyl/N-ethyl adjacent to an activating group) is 1. The third-order valence-corrected chi connectivity index (χ3v) is 3.32. The Hall–Kier alpha value is -1.37. The molecular formula is C13H19Cl2N3O3. The molecule has 0 aliphatic heterocycles. The summed E-state index contributed by atoms with van der Waals surface area (Å²) >= 11 is 5.62. The van der Waals surface area contributed by atoms with E-state index in [0.29, 0.717) is 13.1 Å². The summed E-state index contributed by atoms with van der Waals surface area (Å²) in [6.45, 7) is 3.06. The van der Waals surface area contributed by atoms with Crippen LogP contribution in [0.1, 0.15) is 20.0 Å². The molecule has 0 aromatic heterocycles. The fourth-order valence-corrected chi connectivity index (χ4v) is 2.05. The highest BCUT2D eigenvalue weighted by atomic mass is 35.5. The molecule has 1 aromatic rings. The molecule has 1 unspecified atom stereocenters. The molecule has 1 N–H and O–H groups in total.